The first-order chi connectivity index (χ1) is 12.6. The van der Waals surface area contributed by atoms with E-state index >= 15 is 0 Å². The summed E-state index contributed by atoms with van der Waals surface area (Å²) < 4.78 is 0. The molecule has 1 heterocycles. The number of nitrogens with one attached hydrogen (secondary N) is 1. The van der Waals surface area contributed by atoms with Crippen molar-refractivity contribution in [3.8, 4) is 0 Å². The summed E-state index contributed by atoms with van der Waals surface area (Å²) in [6, 6.07) is 14.6. The van der Waals surface area contributed by atoms with Crippen molar-refractivity contribution in [3.63, 3.8) is 0 Å². The third-order valence-corrected chi connectivity index (χ3v) is 5.52. The molecule has 0 radical (unpaired) electrons. The summed E-state index contributed by atoms with van der Waals surface area (Å²) in [5.41, 5.74) is 1.39. The van der Waals surface area contributed by atoms with Gasteiger partial charge in [-0.25, -0.2) is 0 Å². The quantitative estimate of drug-likeness (QED) is 0.781. The molecule has 1 saturated heterocycles. The van der Waals surface area contributed by atoms with Gasteiger partial charge >= 0.3 is 0 Å². The van der Waals surface area contributed by atoms with Crippen molar-refractivity contribution in [2.24, 2.45) is 5.92 Å². The number of piperidine rings is 1. The van der Waals surface area contributed by atoms with Gasteiger partial charge in [0.05, 0.1) is 5.92 Å². The number of hydrogen-bond donors (Lipinski definition) is 1. The smallest absolute Gasteiger partial charge is 0.253 e. The highest BCUT2D eigenvalue weighted by molar-refractivity contribution is 7.98. The maximum atomic E-state index is 12.7. The first kappa shape index (κ1) is 18.8. The van der Waals surface area contributed by atoms with Crippen molar-refractivity contribution in [1.29, 1.82) is 0 Å². The predicted octanol–water partition coefficient (Wildman–Crippen LogP) is 4.55. The predicted molar refractivity (Wildman–Crippen MR) is 107 cm³/mol. The van der Waals surface area contributed by atoms with E-state index in [2.05, 4.69) is 5.32 Å². The largest absolute Gasteiger partial charge is 0.338 e. The van der Waals surface area contributed by atoms with Gasteiger partial charge in [0, 0.05) is 34.3 Å². The molecule has 0 bridgehead atoms. The number of anilines is 1. The van der Waals surface area contributed by atoms with E-state index in [4.69, 9.17) is 11.6 Å². The molecule has 0 aromatic heterocycles. The van der Waals surface area contributed by atoms with Gasteiger partial charge in [-0.1, -0.05) is 11.6 Å². The van der Waals surface area contributed by atoms with E-state index in [9.17, 15) is 9.59 Å². The summed E-state index contributed by atoms with van der Waals surface area (Å²) in [5, 5.41) is 3.57. The van der Waals surface area contributed by atoms with Gasteiger partial charge in [-0.2, -0.15) is 0 Å². The Morgan fingerprint density at radius 3 is 2.46 bits per heavy atom. The van der Waals surface area contributed by atoms with E-state index in [-0.39, 0.29) is 17.7 Å². The van der Waals surface area contributed by atoms with Gasteiger partial charge in [-0.15, -0.1) is 11.8 Å². The van der Waals surface area contributed by atoms with Gasteiger partial charge in [0.15, 0.2) is 0 Å². The van der Waals surface area contributed by atoms with Gasteiger partial charge in [-0.3, -0.25) is 9.59 Å². The van der Waals surface area contributed by atoms with E-state index in [1.165, 1.54) is 0 Å². The second-order valence-electron chi connectivity index (χ2n) is 6.31. The minimum absolute atomic E-state index is 0.0319. The molecule has 1 aliphatic heterocycles. The van der Waals surface area contributed by atoms with Crippen LogP contribution in [0.4, 0.5) is 5.69 Å². The molecule has 136 valence electrons. The van der Waals surface area contributed by atoms with Gasteiger partial charge in [0.25, 0.3) is 5.91 Å². The van der Waals surface area contributed by atoms with Crippen molar-refractivity contribution in [1.82, 2.24) is 4.90 Å². The lowest BCUT2D eigenvalue weighted by atomic mass is 9.96. The number of nitrogens with zero attached hydrogens (tertiary/aromatic N) is 1. The molecule has 2 aromatic rings. The van der Waals surface area contributed by atoms with Crippen LogP contribution >= 0.6 is 23.4 Å². The Bertz CT molecular complexity index is 777. The highest BCUT2D eigenvalue weighted by atomic mass is 35.5. The number of halogens is 1. The van der Waals surface area contributed by atoms with E-state index in [0.29, 0.717) is 23.7 Å². The van der Waals surface area contributed by atoms with E-state index in [1.54, 1.807) is 40.9 Å². The zero-order valence-electron chi connectivity index (χ0n) is 14.6. The lowest BCUT2D eigenvalue weighted by molar-refractivity contribution is -0.121. The van der Waals surface area contributed by atoms with Crippen LogP contribution in [-0.4, -0.2) is 36.1 Å². The maximum Gasteiger partial charge on any atom is 0.253 e. The Morgan fingerprint density at radius 2 is 1.81 bits per heavy atom. The highest BCUT2D eigenvalue weighted by Crippen LogP contribution is 2.22. The Labute approximate surface area is 162 Å². The van der Waals surface area contributed by atoms with Crippen LogP contribution in [0.15, 0.2) is 53.4 Å². The van der Waals surface area contributed by atoms with Gasteiger partial charge in [0.1, 0.15) is 0 Å². The monoisotopic (exact) mass is 388 g/mol. The van der Waals surface area contributed by atoms with Gasteiger partial charge < -0.3 is 10.2 Å². The highest BCUT2D eigenvalue weighted by Gasteiger charge is 2.29. The van der Waals surface area contributed by atoms with Crippen LogP contribution in [0.2, 0.25) is 5.02 Å². The second kappa shape index (κ2) is 8.60. The van der Waals surface area contributed by atoms with Crippen LogP contribution < -0.4 is 5.32 Å². The molecule has 1 N–H and O–H groups in total. The summed E-state index contributed by atoms with van der Waals surface area (Å²) in [5.74, 6) is -0.278. The summed E-state index contributed by atoms with van der Waals surface area (Å²) in [6.07, 6.45) is 3.63. The first-order valence-electron chi connectivity index (χ1n) is 8.56. The SMILES string of the molecule is CSc1ccc(NC(=O)C2CCCN(C(=O)c3ccc(Cl)cc3)C2)cc1. The maximum absolute atomic E-state index is 12.7. The third-order valence-electron chi connectivity index (χ3n) is 4.53. The fourth-order valence-corrected chi connectivity index (χ4v) is 3.60. The zero-order valence-corrected chi connectivity index (χ0v) is 16.1. The number of thioether (sulfide) groups is 1. The molecule has 3 rings (SSSR count). The van der Waals surface area contributed by atoms with E-state index in [1.807, 2.05) is 30.5 Å². The Hall–Kier alpha value is -1.98. The second-order valence-corrected chi connectivity index (χ2v) is 7.63. The summed E-state index contributed by atoms with van der Waals surface area (Å²) in [4.78, 5) is 28.2. The number of amides is 2. The van der Waals surface area contributed by atoms with Crippen molar-refractivity contribution in [2.45, 2.75) is 17.7 Å². The molecule has 0 saturated carbocycles. The van der Waals surface area contributed by atoms with E-state index in [0.717, 1.165) is 23.4 Å². The molecule has 0 spiro atoms. The molecule has 2 aromatic carbocycles. The van der Waals surface area contributed by atoms with Crippen molar-refractivity contribution < 1.29 is 9.59 Å². The molecule has 6 heteroatoms. The Kier molecular flexibility index (Phi) is 6.22. The van der Waals surface area contributed by atoms with Crippen LogP contribution in [-0.2, 0) is 4.79 Å². The average molecular weight is 389 g/mol. The van der Waals surface area contributed by atoms with Crippen LogP contribution in [0.5, 0.6) is 0 Å². The van der Waals surface area contributed by atoms with Gasteiger partial charge in [0.2, 0.25) is 5.91 Å². The molecule has 1 unspecified atom stereocenters. The average Bonchev–Trinajstić information content (AvgIpc) is 2.68. The minimum atomic E-state index is -0.194. The van der Waals surface area contributed by atoms with E-state index < -0.39 is 0 Å². The molecular formula is C20H21ClN2O2S. The lowest BCUT2D eigenvalue weighted by Gasteiger charge is -2.32. The Balaban J connectivity index is 1.62. The summed E-state index contributed by atoms with van der Waals surface area (Å²) >= 11 is 7.55. The molecule has 4 nitrogen and oxygen atoms in total. The normalized spacial score (nSPS) is 17.0. The summed E-state index contributed by atoms with van der Waals surface area (Å²) in [6.45, 7) is 1.11. The molecule has 2 amide bonds. The fourth-order valence-electron chi connectivity index (χ4n) is 3.07. The lowest BCUT2D eigenvalue weighted by Crippen LogP contribution is -2.43. The zero-order chi connectivity index (χ0) is 18.5. The number of hydrogen-bond acceptors (Lipinski definition) is 3. The number of carbonyl (C=O) groups excluding carboxylic acids is 2. The third kappa shape index (κ3) is 4.59. The molecule has 1 aliphatic rings. The molecule has 1 atom stereocenters. The number of carbonyl (C=O) groups is 2. The molecule has 0 aliphatic carbocycles. The molecule has 1 fully saturated rings. The molecule has 26 heavy (non-hydrogen) atoms. The van der Waals surface area contributed by atoms with Gasteiger partial charge in [-0.05, 0) is 67.6 Å². The number of benzene rings is 2. The van der Waals surface area contributed by atoms with Crippen LogP contribution in [0, 0.1) is 5.92 Å². The Morgan fingerprint density at radius 1 is 1.12 bits per heavy atom. The summed E-state index contributed by atoms with van der Waals surface area (Å²) in [7, 11) is 0. The van der Waals surface area contributed by atoms with Crippen LogP contribution in [0.25, 0.3) is 0 Å². The van der Waals surface area contributed by atoms with Crippen molar-refractivity contribution in [2.75, 3.05) is 24.7 Å². The fraction of sp³-hybridized carbons (Fsp3) is 0.300. The van der Waals surface area contributed by atoms with Crippen LogP contribution in [0.1, 0.15) is 23.2 Å². The van der Waals surface area contributed by atoms with Crippen LogP contribution in [0.3, 0.4) is 0 Å². The molecular weight excluding hydrogens is 368 g/mol. The van der Waals surface area contributed by atoms with Crippen molar-refractivity contribution in [3.05, 3.63) is 59.1 Å². The number of likely N-dealkylation sites (tertiary alicyclic amines) is 1. The minimum Gasteiger partial charge on any atom is -0.338 e. The standard InChI is InChI=1S/C20H21ClN2O2S/c1-26-18-10-8-17(9-11-18)22-19(24)15-3-2-12-23(13-15)20(25)14-4-6-16(21)7-5-14/h4-11,15H,2-3,12-13H2,1H3,(H,22,24). The first-order valence-corrected chi connectivity index (χ1v) is 10.2. The topological polar surface area (TPSA) is 49.4 Å². The number of rotatable bonds is 4. The van der Waals surface area contributed by atoms with Crippen molar-refractivity contribution >= 4 is 40.9 Å².